The lowest BCUT2D eigenvalue weighted by Gasteiger charge is -2.11. The van der Waals surface area contributed by atoms with Crippen LogP contribution in [-0.4, -0.2) is 0 Å². The van der Waals surface area contributed by atoms with Crippen molar-refractivity contribution in [2.24, 2.45) is 0 Å². The van der Waals surface area contributed by atoms with E-state index in [1.165, 1.54) is 6.07 Å². The predicted molar refractivity (Wildman–Crippen MR) is 74.8 cm³/mol. The maximum atomic E-state index is 13.3. The number of para-hydroxylation sites is 1. The van der Waals surface area contributed by atoms with Crippen molar-refractivity contribution in [2.75, 3.05) is 0 Å². The van der Waals surface area contributed by atoms with Gasteiger partial charge in [-0.3, -0.25) is 0 Å². The van der Waals surface area contributed by atoms with Gasteiger partial charge in [-0.25, -0.2) is 4.39 Å². The van der Waals surface area contributed by atoms with Crippen LogP contribution in [0.3, 0.4) is 0 Å². The van der Waals surface area contributed by atoms with Crippen molar-refractivity contribution < 1.29 is 9.13 Å². The largest absolute Gasteiger partial charge is 0.489 e. The molecule has 0 saturated heterocycles. The summed E-state index contributed by atoms with van der Waals surface area (Å²) in [6.07, 6.45) is 0. The van der Waals surface area contributed by atoms with Crippen LogP contribution in [0.15, 0.2) is 42.5 Å². The van der Waals surface area contributed by atoms with E-state index in [1.54, 1.807) is 12.1 Å². The quantitative estimate of drug-likeness (QED) is 0.721. The predicted octanol–water partition coefficient (Wildman–Crippen LogP) is 4.95. The summed E-state index contributed by atoms with van der Waals surface area (Å²) in [5, 5.41) is 0.828. The first-order valence-electron chi connectivity index (χ1n) is 5.42. The summed E-state index contributed by atoms with van der Waals surface area (Å²) < 4.78 is 18.9. The maximum absolute atomic E-state index is 13.3. The minimum Gasteiger partial charge on any atom is -0.489 e. The third-order valence-electron chi connectivity index (χ3n) is 2.53. The van der Waals surface area contributed by atoms with Crippen molar-refractivity contribution in [1.82, 2.24) is 0 Å². The van der Waals surface area contributed by atoms with Gasteiger partial charge in [0.15, 0.2) is 0 Å². The number of rotatable bonds is 4. The van der Waals surface area contributed by atoms with Crippen LogP contribution in [0.5, 0.6) is 5.75 Å². The second kappa shape index (κ2) is 6.21. The standard InChI is InChI=1S/C14H11BrClFO/c15-8-10-4-1-2-7-13(10)18-9-11-5-3-6-12(17)14(11)16/h1-7H,8-9H2. The molecular weight excluding hydrogens is 319 g/mol. The van der Waals surface area contributed by atoms with Gasteiger partial charge in [0.2, 0.25) is 0 Å². The monoisotopic (exact) mass is 328 g/mol. The van der Waals surface area contributed by atoms with Crippen LogP contribution in [0, 0.1) is 5.82 Å². The van der Waals surface area contributed by atoms with Gasteiger partial charge in [0.1, 0.15) is 18.2 Å². The smallest absolute Gasteiger partial charge is 0.142 e. The Kier molecular flexibility index (Phi) is 4.61. The Morgan fingerprint density at radius 2 is 1.78 bits per heavy atom. The molecule has 2 aromatic rings. The molecule has 0 atom stereocenters. The zero-order valence-electron chi connectivity index (χ0n) is 9.50. The molecule has 0 N–H and O–H groups in total. The fourth-order valence-electron chi connectivity index (χ4n) is 1.57. The number of alkyl halides is 1. The van der Waals surface area contributed by atoms with E-state index < -0.39 is 5.82 Å². The summed E-state index contributed by atoms with van der Waals surface area (Å²) in [6.45, 7) is 0.251. The third-order valence-corrected chi connectivity index (χ3v) is 3.56. The Balaban J connectivity index is 2.14. The van der Waals surface area contributed by atoms with Gasteiger partial charge >= 0.3 is 0 Å². The Morgan fingerprint density at radius 1 is 1.06 bits per heavy atom. The van der Waals surface area contributed by atoms with E-state index in [0.717, 1.165) is 11.3 Å². The molecule has 18 heavy (non-hydrogen) atoms. The molecule has 0 bridgehead atoms. The molecular formula is C14H11BrClFO. The SMILES string of the molecule is Fc1cccc(COc2ccccc2CBr)c1Cl. The van der Waals surface area contributed by atoms with Crippen LogP contribution in [0.1, 0.15) is 11.1 Å². The second-order valence-corrected chi connectivity index (χ2v) is 4.68. The molecule has 2 rings (SSSR count). The van der Waals surface area contributed by atoms with Crippen molar-refractivity contribution in [3.63, 3.8) is 0 Å². The fraction of sp³-hybridized carbons (Fsp3) is 0.143. The summed E-state index contributed by atoms with van der Waals surface area (Å²) in [6, 6.07) is 12.4. The highest BCUT2D eigenvalue weighted by Crippen LogP contribution is 2.24. The summed E-state index contributed by atoms with van der Waals surface area (Å²) in [5.74, 6) is 0.348. The molecule has 0 aliphatic rings. The molecule has 4 heteroatoms. The van der Waals surface area contributed by atoms with Crippen molar-refractivity contribution in [1.29, 1.82) is 0 Å². The van der Waals surface area contributed by atoms with Gasteiger partial charge in [-0.05, 0) is 12.1 Å². The molecule has 0 fully saturated rings. The van der Waals surface area contributed by atoms with Crippen LogP contribution in [-0.2, 0) is 11.9 Å². The molecule has 0 aliphatic heterocycles. The number of benzene rings is 2. The van der Waals surface area contributed by atoms with Gasteiger partial charge in [0, 0.05) is 16.5 Å². The Bertz CT molecular complexity index is 545. The zero-order chi connectivity index (χ0) is 13.0. The highest BCUT2D eigenvalue weighted by Gasteiger charge is 2.07. The van der Waals surface area contributed by atoms with Crippen LogP contribution < -0.4 is 4.74 Å². The molecule has 0 unspecified atom stereocenters. The number of ether oxygens (including phenoxy) is 1. The van der Waals surface area contributed by atoms with Gasteiger partial charge < -0.3 is 4.74 Å². The highest BCUT2D eigenvalue weighted by atomic mass is 79.9. The number of halogens is 3. The first-order chi connectivity index (χ1) is 8.72. The third kappa shape index (κ3) is 3.03. The van der Waals surface area contributed by atoms with E-state index in [2.05, 4.69) is 15.9 Å². The van der Waals surface area contributed by atoms with Crippen molar-refractivity contribution in [3.05, 3.63) is 64.4 Å². The minimum absolute atomic E-state index is 0.119. The zero-order valence-corrected chi connectivity index (χ0v) is 11.8. The lowest BCUT2D eigenvalue weighted by atomic mass is 10.2. The van der Waals surface area contributed by atoms with Crippen LogP contribution in [0.2, 0.25) is 5.02 Å². The summed E-state index contributed by atoms with van der Waals surface area (Å²) in [7, 11) is 0. The molecule has 1 nitrogen and oxygen atoms in total. The van der Waals surface area contributed by atoms with E-state index >= 15 is 0 Å². The van der Waals surface area contributed by atoms with Gasteiger partial charge in [-0.1, -0.05) is 57.9 Å². The van der Waals surface area contributed by atoms with E-state index in [1.807, 2.05) is 24.3 Å². The normalized spacial score (nSPS) is 10.4. The minimum atomic E-state index is -0.424. The average molecular weight is 330 g/mol. The van der Waals surface area contributed by atoms with E-state index in [4.69, 9.17) is 16.3 Å². The topological polar surface area (TPSA) is 9.23 Å². The lowest BCUT2D eigenvalue weighted by molar-refractivity contribution is 0.303. The second-order valence-electron chi connectivity index (χ2n) is 3.74. The van der Waals surface area contributed by atoms with Crippen molar-refractivity contribution >= 4 is 27.5 Å². The van der Waals surface area contributed by atoms with E-state index in [-0.39, 0.29) is 11.6 Å². The van der Waals surface area contributed by atoms with Crippen molar-refractivity contribution in [2.45, 2.75) is 11.9 Å². The van der Waals surface area contributed by atoms with E-state index in [0.29, 0.717) is 10.9 Å². The molecule has 0 amide bonds. The molecule has 2 aromatic carbocycles. The van der Waals surface area contributed by atoms with E-state index in [9.17, 15) is 4.39 Å². The molecule has 0 aliphatic carbocycles. The first kappa shape index (κ1) is 13.4. The molecule has 94 valence electrons. The molecule has 0 aromatic heterocycles. The summed E-state index contributed by atoms with van der Waals surface area (Å²) in [5.41, 5.74) is 1.69. The first-order valence-corrected chi connectivity index (χ1v) is 6.92. The molecule has 0 spiro atoms. The Morgan fingerprint density at radius 3 is 2.56 bits per heavy atom. The van der Waals surface area contributed by atoms with Gasteiger partial charge in [-0.2, -0.15) is 0 Å². The van der Waals surface area contributed by atoms with Gasteiger partial charge in [-0.15, -0.1) is 0 Å². The van der Waals surface area contributed by atoms with Crippen LogP contribution >= 0.6 is 27.5 Å². The van der Waals surface area contributed by atoms with Gasteiger partial charge in [0.25, 0.3) is 0 Å². The average Bonchev–Trinajstić information content (AvgIpc) is 2.41. The summed E-state index contributed by atoms with van der Waals surface area (Å²) >= 11 is 9.26. The van der Waals surface area contributed by atoms with Gasteiger partial charge in [0.05, 0.1) is 5.02 Å². The molecule has 0 saturated carbocycles. The number of hydrogen-bond acceptors (Lipinski definition) is 1. The lowest BCUT2D eigenvalue weighted by Crippen LogP contribution is -1.99. The highest BCUT2D eigenvalue weighted by molar-refractivity contribution is 9.08. The fourth-order valence-corrected chi connectivity index (χ4v) is 2.21. The Labute approximate surface area is 119 Å². The molecule has 0 radical (unpaired) electrons. The number of hydrogen-bond donors (Lipinski definition) is 0. The Hall–Kier alpha value is -1.06. The summed E-state index contributed by atoms with van der Waals surface area (Å²) in [4.78, 5) is 0. The van der Waals surface area contributed by atoms with Crippen molar-refractivity contribution in [3.8, 4) is 5.75 Å². The maximum Gasteiger partial charge on any atom is 0.142 e. The molecule has 0 heterocycles. The van der Waals surface area contributed by atoms with Crippen LogP contribution in [0.4, 0.5) is 4.39 Å². The van der Waals surface area contributed by atoms with Crippen LogP contribution in [0.25, 0.3) is 0 Å².